The van der Waals surface area contributed by atoms with Crippen LogP contribution in [0.3, 0.4) is 0 Å². The van der Waals surface area contributed by atoms with Crippen LogP contribution in [0.5, 0.6) is 5.75 Å². The Bertz CT molecular complexity index is 474. The number of carboxylic acids is 1. The van der Waals surface area contributed by atoms with E-state index in [1.54, 1.807) is 17.7 Å². The van der Waals surface area contributed by atoms with Gasteiger partial charge in [-0.25, -0.2) is 4.79 Å². The molecule has 86 valence electrons. The third-order valence-electron chi connectivity index (χ3n) is 3.41. The van der Waals surface area contributed by atoms with Crippen LogP contribution in [0.1, 0.15) is 23.3 Å². The summed E-state index contributed by atoms with van der Waals surface area (Å²) in [5.41, 5.74) is 0.230. The van der Waals surface area contributed by atoms with E-state index in [1.165, 1.54) is 0 Å². The molecule has 1 aromatic heterocycles. The normalized spacial score (nSPS) is 20.5. The first-order valence-corrected chi connectivity index (χ1v) is 5.36. The van der Waals surface area contributed by atoms with Crippen LogP contribution in [0, 0.1) is 0 Å². The Balaban J connectivity index is 2.10. The highest BCUT2D eigenvalue weighted by atomic mass is 16.5. The van der Waals surface area contributed by atoms with Crippen LogP contribution in [-0.4, -0.2) is 34.8 Å². The second kappa shape index (κ2) is 2.72. The Labute approximate surface area is 93.2 Å². The molecule has 1 aromatic rings. The van der Waals surface area contributed by atoms with Gasteiger partial charge in [-0.1, -0.05) is 0 Å². The standard InChI is InChI=1S/C11H14N2O3/c1-12-6-11(3-4-11)16-8-5-7(10(14)15)13(2)9(8)12/h5H,3-4,6H2,1-2H3,(H,14,15). The van der Waals surface area contributed by atoms with E-state index < -0.39 is 5.97 Å². The van der Waals surface area contributed by atoms with Gasteiger partial charge in [-0.3, -0.25) is 0 Å². The Morgan fingerprint density at radius 2 is 2.19 bits per heavy atom. The van der Waals surface area contributed by atoms with E-state index in [4.69, 9.17) is 9.84 Å². The van der Waals surface area contributed by atoms with Crippen molar-refractivity contribution in [1.82, 2.24) is 4.57 Å². The van der Waals surface area contributed by atoms with Crippen LogP contribution in [0.2, 0.25) is 0 Å². The lowest BCUT2D eigenvalue weighted by Crippen LogP contribution is -2.39. The molecule has 0 unspecified atom stereocenters. The summed E-state index contributed by atoms with van der Waals surface area (Å²) in [4.78, 5) is 13.1. The van der Waals surface area contributed by atoms with Crippen LogP contribution >= 0.6 is 0 Å². The quantitative estimate of drug-likeness (QED) is 0.772. The lowest BCUT2D eigenvalue weighted by Gasteiger charge is -2.32. The van der Waals surface area contributed by atoms with Gasteiger partial charge in [0.05, 0.1) is 6.54 Å². The number of carbonyl (C=O) groups is 1. The molecular formula is C11H14N2O3. The Hall–Kier alpha value is -1.65. The summed E-state index contributed by atoms with van der Waals surface area (Å²) in [6.07, 6.45) is 2.13. The number of aromatic nitrogens is 1. The maximum absolute atomic E-state index is 11.0. The summed E-state index contributed by atoms with van der Waals surface area (Å²) < 4.78 is 7.56. The molecule has 0 aromatic carbocycles. The number of likely N-dealkylation sites (N-methyl/N-ethyl adjacent to an activating group) is 1. The van der Waals surface area contributed by atoms with Crippen LogP contribution in [0.25, 0.3) is 0 Å². The highest BCUT2D eigenvalue weighted by molar-refractivity contribution is 5.88. The molecule has 0 amide bonds. The number of hydrogen-bond donors (Lipinski definition) is 1. The molecule has 1 spiro atoms. The van der Waals surface area contributed by atoms with Crippen molar-refractivity contribution < 1.29 is 14.6 Å². The number of nitrogens with zero attached hydrogens (tertiary/aromatic N) is 2. The average molecular weight is 222 g/mol. The summed E-state index contributed by atoms with van der Waals surface area (Å²) in [6.45, 7) is 0.844. The summed E-state index contributed by atoms with van der Waals surface area (Å²) in [5.74, 6) is 0.639. The molecule has 1 fully saturated rings. The third-order valence-corrected chi connectivity index (χ3v) is 3.41. The van der Waals surface area contributed by atoms with E-state index in [9.17, 15) is 4.79 Å². The monoisotopic (exact) mass is 222 g/mol. The molecule has 1 saturated carbocycles. The molecule has 1 aliphatic carbocycles. The SMILES string of the molecule is CN1CC2(CC2)Oc2cc(C(=O)O)n(C)c21. The van der Waals surface area contributed by atoms with Crippen molar-refractivity contribution in [2.24, 2.45) is 7.05 Å². The Kier molecular flexibility index (Phi) is 1.63. The topological polar surface area (TPSA) is 54.7 Å². The molecular weight excluding hydrogens is 208 g/mol. The van der Waals surface area contributed by atoms with Crippen molar-refractivity contribution in [2.45, 2.75) is 18.4 Å². The fourth-order valence-electron chi connectivity index (χ4n) is 2.46. The first kappa shape index (κ1) is 9.57. The Morgan fingerprint density at radius 3 is 2.75 bits per heavy atom. The molecule has 1 aliphatic heterocycles. The number of ether oxygens (including phenoxy) is 1. The van der Waals surface area contributed by atoms with E-state index in [2.05, 4.69) is 4.90 Å². The van der Waals surface area contributed by atoms with E-state index in [1.807, 2.05) is 7.05 Å². The summed E-state index contributed by atoms with van der Waals surface area (Å²) in [6, 6.07) is 1.62. The van der Waals surface area contributed by atoms with E-state index in [0.717, 1.165) is 25.2 Å². The average Bonchev–Trinajstić information content (AvgIpc) is 2.82. The second-order valence-electron chi connectivity index (χ2n) is 4.72. The molecule has 5 nitrogen and oxygen atoms in total. The molecule has 16 heavy (non-hydrogen) atoms. The van der Waals surface area contributed by atoms with Crippen LogP contribution in [0.15, 0.2) is 6.07 Å². The Morgan fingerprint density at radius 1 is 1.50 bits per heavy atom. The highest BCUT2D eigenvalue weighted by Crippen LogP contribution is 2.48. The summed E-state index contributed by atoms with van der Waals surface area (Å²) in [7, 11) is 3.74. The summed E-state index contributed by atoms with van der Waals surface area (Å²) in [5, 5.41) is 9.05. The number of carboxylic acid groups (broad SMARTS) is 1. The molecule has 0 atom stereocenters. The second-order valence-corrected chi connectivity index (χ2v) is 4.72. The van der Waals surface area contributed by atoms with Crippen molar-refractivity contribution in [3.8, 4) is 5.75 Å². The number of hydrogen-bond acceptors (Lipinski definition) is 3. The van der Waals surface area contributed by atoms with Gasteiger partial charge >= 0.3 is 5.97 Å². The molecule has 0 bridgehead atoms. The van der Waals surface area contributed by atoms with Gasteiger partial charge in [-0.15, -0.1) is 0 Å². The molecule has 3 rings (SSSR count). The largest absolute Gasteiger partial charge is 0.482 e. The lowest BCUT2D eigenvalue weighted by atomic mass is 10.2. The molecule has 5 heteroatoms. The van der Waals surface area contributed by atoms with Crippen molar-refractivity contribution >= 4 is 11.8 Å². The molecule has 0 saturated heterocycles. The number of fused-ring (bicyclic) bond motifs is 1. The van der Waals surface area contributed by atoms with Gasteiger partial charge in [0.1, 0.15) is 11.3 Å². The van der Waals surface area contributed by atoms with E-state index in [0.29, 0.717) is 5.75 Å². The van der Waals surface area contributed by atoms with Crippen molar-refractivity contribution in [2.75, 3.05) is 18.5 Å². The number of rotatable bonds is 1. The maximum Gasteiger partial charge on any atom is 0.352 e. The molecule has 0 radical (unpaired) electrons. The lowest BCUT2D eigenvalue weighted by molar-refractivity contribution is 0.0686. The highest BCUT2D eigenvalue weighted by Gasteiger charge is 2.50. The number of aromatic carboxylic acids is 1. The zero-order valence-electron chi connectivity index (χ0n) is 9.36. The molecule has 2 heterocycles. The maximum atomic E-state index is 11.0. The summed E-state index contributed by atoms with van der Waals surface area (Å²) >= 11 is 0. The van der Waals surface area contributed by atoms with Crippen LogP contribution in [0.4, 0.5) is 5.82 Å². The van der Waals surface area contributed by atoms with E-state index in [-0.39, 0.29) is 11.3 Å². The minimum Gasteiger partial charge on any atom is -0.482 e. The van der Waals surface area contributed by atoms with Crippen LogP contribution < -0.4 is 9.64 Å². The van der Waals surface area contributed by atoms with Crippen molar-refractivity contribution in [3.63, 3.8) is 0 Å². The third kappa shape index (κ3) is 1.14. The number of anilines is 1. The van der Waals surface area contributed by atoms with Gasteiger partial charge in [0, 0.05) is 20.2 Å². The smallest absolute Gasteiger partial charge is 0.352 e. The van der Waals surface area contributed by atoms with Gasteiger partial charge in [-0.05, 0) is 12.8 Å². The van der Waals surface area contributed by atoms with E-state index >= 15 is 0 Å². The zero-order valence-corrected chi connectivity index (χ0v) is 9.36. The van der Waals surface area contributed by atoms with Gasteiger partial charge in [0.25, 0.3) is 0 Å². The van der Waals surface area contributed by atoms with Gasteiger partial charge in [0.15, 0.2) is 11.6 Å². The molecule has 1 N–H and O–H groups in total. The first-order chi connectivity index (χ1) is 7.52. The predicted octanol–water partition coefficient (Wildman–Crippen LogP) is 1.08. The van der Waals surface area contributed by atoms with Crippen molar-refractivity contribution in [3.05, 3.63) is 11.8 Å². The first-order valence-electron chi connectivity index (χ1n) is 5.36. The predicted molar refractivity (Wildman–Crippen MR) is 58.2 cm³/mol. The minimum absolute atomic E-state index is 0.0428. The van der Waals surface area contributed by atoms with Gasteiger partial charge in [0.2, 0.25) is 0 Å². The van der Waals surface area contributed by atoms with Gasteiger partial charge in [-0.2, -0.15) is 0 Å². The van der Waals surface area contributed by atoms with Crippen LogP contribution in [-0.2, 0) is 7.05 Å². The fraction of sp³-hybridized carbons (Fsp3) is 0.545. The van der Waals surface area contributed by atoms with Gasteiger partial charge < -0.3 is 19.3 Å². The molecule has 2 aliphatic rings. The fourth-order valence-corrected chi connectivity index (χ4v) is 2.46. The minimum atomic E-state index is -0.918. The van der Waals surface area contributed by atoms with Crippen molar-refractivity contribution in [1.29, 1.82) is 0 Å². The zero-order chi connectivity index (χ0) is 11.5.